The van der Waals surface area contributed by atoms with Crippen LogP contribution in [0, 0.1) is 13.8 Å². The number of carbonyl (C=O) groups is 2. The molecule has 0 radical (unpaired) electrons. The van der Waals surface area contributed by atoms with Gasteiger partial charge in [0.2, 0.25) is 12.2 Å². The molecule has 2 rings (SSSR count). The molecule has 0 aliphatic heterocycles. The molecule has 1 unspecified atom stereocenters. The molecular weight excluding hydrogens is 292 g/mol. The van der Waals surface area contributed by atoms with Crippen molar-refractivity contribution in [1.29, 1.82) is 0 Å². The molecule has 0 bridgehead atoms. The maximum Gasteiger partial charge on any atom is 0.327 e. The third-order valence-electron chi connectivity index (χ3n) is 2.91. The van der Waals surface area contributed by atoms with Crippen molar-refractivity contribution in [3.05, 3.63) is 29.3 Å². The van der Waals surface area contributed by atoms with Crippen molar-refractivity contribution in [1.82, 2.24) is 19.7 Å². The van der Waals surface area contributed by atoms with Crippen LogP contribution in [-0.2, 0) is 15.3 Å². The summed E-state index contributed by atoms with van der Waals surface area (Å²) in [4.78, 5) is 30.0. The number of aryl methyl sites for hydroxylation is 2. The van der Waals surface area contributed by atoms with Crippen molar-refractivity contribution >= 4 is 29.9 Å². The van der Waals surface area contributed by atoms with E-state index in [-0.39, 0.29) is 5.75 Å². The second-order valence-corrected chi connectivity index (χ2v) is 5.66. The van der Waals surface area contributed by atoms with Gasteiger partial charge in [0.25, 0.3) is 0 Å². The summed E-state index contributed by atoms with van der Waals surface area (Å²) in [6.07, 6.45) is 2.30. The van der Waals surface area contributed by atoms with Gasteiger partial charge in [-0.15, -0.1) is 0 Å². The van der Waals surface area contributed by atoms with E-state index in [2.05, 4.69) is 15.3 Å². The van der Waals surface area contributed by atoms with Gasteiger partial charge in [-0.2, -0.15) is 11.8 Å². The zero-order valence-electron chi connectivity index (χ0n) is 11.7. The van der Waals surface area contributed by atoms with E-state index < -0.39 is 12.0 Å². The topological polar surface area (TPSA) is 96.6 Å². The van der Waals surface area contributed by atoms with Crippen LogP contribution in [0.2, 0.25) is 0 Å². The minimum absolute atomic E-state index is 0.285. The standard InChI is InChI=1S/C13H16N4O3S/c1-8-3-9(2)17-4-10(16-13(17)15-8)5-21-6-11(12(19)20)14-7-18/h3-4,7,11H,5-6H2,1-2H3,(H,14,18)(H,19,20). The lowest BCUT2D eigenvalue weighted by Crippen LogP contribution is -2.37. The fourth-order valence-corrected chi connectivity index (χ4v) is 2.88. The van der Waals surface area contributed by atoms with Gasteiger partial charge in [0.15, 0.2) is 0 Å². The van der Waals surface area contributed by atoms with Gasteiger partial charge in [-0.25, -0.2) is 14.8 Å². The highest BCUT2D eigenvalue weighted by atomic mass is 32.2. The molecule has 2 N–H and O–H groups in total. The van der Waals surface area contributed by atoms with E-state index in [0.717, 1.165) is 17.1 Å². The van der Waals surface area contributed by atoms with Gasteiger partial charge in [-0.05, 0) is 19.9 Å². The van der Waals surface area contributed by atoms with E-state index in [1.54, 1.807) is 0 Å². The summed E-state index contributed by atoms with van der Waals surface area (Å²) in [5.74, 6) is 0.446. The van der Waals surface area contributed by atoms with Crippen molar-refractivity contribution in [2.75, 3.05) is 5.75 Å². The molecule has 2 aromatic rings. The van der Waals surface area contributed by atoms with Crippen LogP contribution in [0.25, 0.3) is 5.78 Å². The molecule has 0 aliphatic rings. The van der Waals surface area contributed by atoms with Gasteiger partial charge in [-0.1, -0.05) is 0 Å². The Kier molecular flexibility index (Phi) is 4.79. The number of carbonyl (C=O) groups excluding carboxylic acids is 1. The van der Waals surface area contributed by atoms with Gasteiger partial charge >= 0.3 is 5.97 Å². The Bertz CT molecular complexity index is 671. The molecule has 7 nitrogen and oxygen atoms in total. The number of hydrogen-bond acceptors (Lipinski definition) is 5. The Morgan fingerprint density at radius 3 is 2.95 bits per heavy atom. The number of nitrogens with zero attached hydrogens (tertiary/aromatic N) is 3. The highest BCUT2D eigenvalue weighted by molar-refractivity contribution is 7.98. The Hall–Kier alpha value is -2.09. The zero-order chi connectivity index (χ0) is 15.4. The van der Waals surface area contributed by atoms with Crippen LogP contribution in [0.5, 0.6) is 0 Å². The quantitative estimate of drug-likeness (QED) is 0.734. The van der Waals surface area contributed by atoms with Gasteiger partial charge in [0.1, 0.15) is 6.04 Å². The number of imidazole rings is 1. The first kappa shape index (κ1) is 15.3. The van der Waals surface area contributed by atoms with E-state index in [1.807, 2.05) is 30.5 Å². The third-order valence-corrected chi connectivity index (χ3v) is 3.98. The van der Waals surface area contributed by atoms with E-state index >= 15 is 0 Å². The van der Waals surface area contributed by atoms with Crippen molar-refractivity contribution in [3.8, 4) is 0 Å². The van der Waals surface area contributed by atoms with Crippen molar-refractivity contribution < 1.29 is 14.7 Å². The van der Waals surface area contributed by atoms with Gasteiger partial charge < -0.3 is 10.4 Å². The molecule has 21 heavy (non-hydrogen) atoms. The predicted octanol–water partition coefficient (Wildman–Crippen LogP) is 0.779. The molecule has 0 spiro atoms. The van der Waals surface area contributed by atoms with Gasteiger partial charge in [0.05, 0.1) is 5.69 Å². The number of nitrogens with one attached hydrogen (secondary N) is 1. The normalized spacial score (nSPS) is 12.3. The minimum Gasteiger partial charge on any atom is -0.480 e. The molecular formula is C13H16N4O3S. The number of thioether (sulfide) groups is 1. The molecule has 1 atom stereocenters. The largest absolute Gasteiger partial charge is 0.480 e. The molecule has 0 saturated carbocycles. The minimum atomic E-state index is -1.04. The molecule has 1 amide bonds. The SMILES string of the molecule is Cc1cc(C)n2cc(CSCC(NC=O)C(=O)O)nc2n1. The highest BCUT2D eigenvalue weighted by Gasteiger charge is 2.16. The predicted molar refractivity (Wildman–Crippen MR) is 79.2 cm³/mol. The number of carboxylic acids is 1. The van der Waals surface area contributed by atoms with Crippen LogP contribution in [0.4, 0.5) is 0 Å². The molecule has 0 aromatic carbocycles. The Balaban J connectivity index is 2.02. The van der Waals surface area contributed by atoms with Crippen molar-refractivity contribution in [3.63, 3.8) is 0 Å². The summed E-state index contributed by atoms with van der Waals surface area (Å²) in [5, 5.41) is 11.2. The molecule has 8 heteroatoms. The second kappa shape index (κ2) is 6.57. The van der Waals surface area contributed by atoms with Crippen LogP contribution in [0.1, 0.15) is 17.1 Å². The van der Waals surface area contributed by atoms with Crippen LogP contribution in [0.3, 0.4) is 0 Å². The summed E-state index contributed by atoms with van der Waals surface area (Å²) in [6, 6.07) is 1.09. The molecule has 112 valence electrons. The van der Waals surface area contributed by atoms with Crippen LogP contribution < -0.4 is 5.32 Å². The maximum atomic E-state index is 10.9. The van der Waals surface area contributed by atoms with E-state index in [9.17, 15) is 9.59 Å². The molecule has 0 aliphatic carbocycles. The first-order chi connectivity index (χ1) is 10.0. The number of amides is 1. The molecule has 2 heterocycles. The molecule has 0 saturated heterocycles. The lowest BCUT2D eigenvalue weighted by molar-refractivity contribution is -0.139. The lowest BCUT2D eigenvalue weighted by atomic mass is 10.3. The number of carboxylic acid groups (broad SMARTS) is 1. The number of aromatic nitrogens is 3. The molecule has 0 fully saturated rings. The number of aliphatic carboxylic acids is 1. The summed E-state index contributed by atoms with van der Waals surface area (Å²) in [7, 11) is 0. The number of hydrogen-bond donors (Lipinski definition) is 2. The lowest BCUT2D eigenvalue weighted by Gasteiger charge is -2.09. The fraction of sp³-hybridized carbons (Fsp3) is 0.385. The van der Waals surface area contributed by atoms with Gasteiger partial charge in [-0.3, -0.25) is 9.20 Å². The average Bonchev–Trinajstić information content (AvgIpc) is 2.80. The highest BCUT2D eigenvalue weighted by Crippen LogP contribution is 2.15. The van der Waals surface area contributed by atoms with Crippen LogP contribution in [0.15, 0.2) is 12.3 Å². The Morgan fingerprint density at radius 2 is 2.29 bits per heavy atom. The fourth-order valence-electron chi connectivity index (χ4n) is 1.94. The maximum absolute atomic E-state index is 10.9. The monoisotopic (exact) mass is 308 g/mol. The third kappa shape index (κ3) is 3.72. The summed E-state index contributed by atoms with van der Waals surface area (Å²) in [5.41, 5.74) is 2.79. The van der Waals surface area contributed by atoms with E-state index in [0.29, 0.717) is 17.9 Å². The van der Waals surface area contributed by atoms with Crippen molar-refractivity contribution in [2.24, 2.45) is 0 Å². The zero-order valence-corrected chi connectivity index (χ0v) is 12.6. The van der Waals surface area contributed by atoms with E-state index in [1.165, 1.54) is 11.8 Å². The van der Waals surface area contributed by atoms with Gasteiger partial charge in [0, 0.05) is 29.1 Å². The molecule has 2 aromatic heterocycles. The Morgan fingerprint density at radius 1 is 1.52 bits per heavy atom. The summed E-state index contributed by atoms with van der Waals surface area (Å²) < 4.78 is 1.90. The summed E-state index contributed by atoms with van der Waals surface area (Å²) in [6.45, 7) is 3.90. The summed E-state index contributed by atoms with van der Waals surface area (Å²) >= 11 is 1.40. The number of rotatable bonds is 7. The average molecular weight is 308 g/mol. The van der Waals surface area contributed by atoms with Crippen LogP contribution in [-0.4, -0.2) is 43.6 Å². The van der Waals surface area contributed by atoms with Crippen LogP contribution >= 0.6 is 11.8 Å². The number of fused-ring (bicyclic) bond motifs is 1. The van der Waals surface area contributed by atoms with E-state index in [4.69, 9.17) is 5.11 Å². The smallest absolute Gasteiger partial charge is 0.327 e. The first-order valence-electron chi connectivity index (χ1n) is 6.33. The first-order valence-corrected chi connectivity index (χ1v) is 7.49. The van der Waals surface area contributed by atoms with Crippen molar-refractivity contribution in [2.45, 2.75) is 25.6 Å². The Labute approximate surface area is 125 Å². The second-order valence-electron chi connectivity index (χ2n) is 4.63.